The van der Waals surface area contributed by atoms with Gasteiger partial charge in [-0.3, -0.25) is 4.79 Å². The first-order valence-electron chi connectivity index (χ1n) is 5.03. The molecule has 1 rings (SSSR count). The Labute approximate surface area is 105 Å². The highest BCUT2D eigenvalue weighted by Crippen LogP contribution is 2.10. The number of rotatable bonds is 5. The molecule has 3 nitrogen and oxygen atoms in total. The summed E-state index contributed by atoms with van der Waals surface area (Å²) in [6, 6.07) is 3.54. The zero-order valence-electron chi connectivity index (χ0n) is 9.43. The number of halogens is 3. The number of nitrogens with one attached hydrogen (secondary N) is 2. The maximum absolute atomic E-state index is 13.2. The van der Waals surface area contributed by atoms with E-state index < -0.39 is 17.5 Å². The Morgan fingerprint density at radius 3 is 2.65 bits per heavy atom. The van der Waals surface area contributed by atoms with Gasteiger partial charge >= 0.3 is 0 Å². The van der Waals surface area contributed by atoms with E-state index in [1.807, 2.05) is 0 Å². The van der Waals surface area contributed by atoms with Crippen LogP contribution in [0, 0.1) is 11.6 Å². The van der Waals surface area contributed by atoms with Crippen LogP contribution in [0.5, 0.6) is 0 Å². The Kier molecular flexibility index (Phi) is 7.41. The zero-order valence-corrected chi connectivity index (χ0v) is 10.2. The van der Waals surface area contributed by atoms with Gasteiger partial charge in [0.1, 0.15) is 0 Å². The van der Waals surface area contributed by atoms with Crippen molar-refractivity contribution in [1.29, 1.82) is 0 Å². The highest BCUT2D eigenvalue weighted by atomic mass is 35.5. The summed E-state index contributed by atoms with van der Waals surface area (Å²) in [7, 11) is 1.80. The first-order valence-corrected chi connectivity index (χ1v) is 5.03. The van der Waals surface area contributed by atoms with E-state index >= 15 is 0 Å². The normalized spacial score (nSPS) is 9.59. The van der Waals surface area contributed by atoms with E-state index in [1.54, 1.807) is 7.05 Å². The summed E-state index contributed by atoms with van der Waals surface area (Å²) in [5.41, 5.74) is -0.260. The molecule has 0 radical (unpaired) electrons. The summed E-state index contributed by atoms with van der Waals surface area (Å²) in [4.78, 5) is 11.4. The van der Waals surface area contributed by atoms with E-state index in [0.29, 0.717) is 6.54 Å². The third-order valence-electron chi connectivity index (χ3n) is 2.09. The molecule has 17 heavy (non-hydrogen) atoms. The third-order valence-corrected chi connectivity index (χ3v) is 2.09. The van der Waals surface area contributed by atoms with E-state index in [2.05, 4.69) is 10.6 Å². The summed E-state index contributed by atoms with van der Waals surface area (Å²) in [5.74, 6) is -2.70. The smallest absolute Gasteiger partial charge is 0.254 e. The van der Waals surface area contributed by atoms with Crippen LogP contribution in [0.4, 0.5) is 8.78 Å². The first-order chi connectivity index (χ1) is 7.66. The Hall–Kier alpha value is -1.20. The number of hydrogen-bond donors (Lipinski definition) is 2. The van der Waals surface area contributed by atoms with Gasteiger partial charge in [-0.2, -0.15) is 0 Å². The fourth-order valence-corrected chi connectivity index (χ4v) is 1.24. The molecule has 0 bridgehead atoms. The molecular formula is C11H15ClF2N2O. The monoisotopic (exact) mass is 264 g/mol. The predicted molar refractivity (Wildman–Crippen MR) is 64.5 cm³/mol. The number of hydrogen-bond acceptors (Lipinski definition) is 2. The lowest BCUT2D eigenvalue weighted by Gasteiger charge is -2.06. The Morgan fingerprint density at radius 2 is 2.00 bits per heavy atom. The molecule has 6 heteroatoms. The Balaban J connectivity index is 0.00000256. The van der Waals surface area contributed by atoms with Gasteiger partial charge in [0.05, 0.1) is 5.56 Å². The Bertz CT molecular complexity index is 374. The summed E-state index contributed by atoms with van der Waals surface area (Å²) < 4.78 is 26.0. The lowest BCUT2D eigenvalue weighted by molar-refractivity contribution is 0.0948. The maximum atomic E-state index is 13.2. The number of amides is 1. The molecule has 96 valence electrons. The molecule has 0 fully saturated rings. The van der Waals surface area contributed by atoms with Crippen molar-refractivity contribution in [2.75, 3.05) is 20.1 Å². The van der Waals surface area contributed by atoms with E-state index in [-0.39, 0.29) is 18.0 Å². The number of carbonyl (C=O) groups is 1. The third kappa shape index (κ3) is 4.66. The molecule has 0 atom stereocenters. The fraction of sp³-hybridized carbons (Fsp3) is 0.364. The van der Waals surface area contributed by atoms with Crippen LogP contribution >= 0.6 is 12.4 Å². The van der Waals surface area contributed by atoms with Crippen molar-refractivity contribution in [3.63, 3.8) is 0 Å². The van der Waals surface area contributed by atoms with Crippen LogP contribution in [0.3, 0.4) is 0 Å². The predicted octanol–water partition coefficient (Wildman–Crippen LogP) is 1.73. The van der Waals surface area contributed by atoms with E-state index in [1.165, 1.54) is 12.1 Å². The van der Waals surface area contributed by atoms with Crippen molar-refractivity contribution in [2.45, 2.75) is 6.42 Å². The van der Waals surface area contributed by atoms with Crippen molar-refractivity contribution in [1.82, 2.24) is 10.6 Å². The second kappa shape index (κ2) is 7.97. The van der Waals surface area contributed by atoms with Gasteiger partial charge < -0.3 is 10.6 Å². The molecule has 1 amide bonds. The van der Waals surface area contributed by atoms with Crippen LogP contribution < -0.4 is 10.6 Å². The van der Waals surface area contributed by atoms with E-state index in [9.17, 15) is 13.6 Å². The van der Waals surface area contributed by atoms with Gasteiger partial charge in [-0.25, -0.2) is 8.78 Å². The standard InChI is InChI=1S/C11H14F2N2O.ClH/c1-14-6-3-7-15-11(16)8-4-2-5-9(12)10(8)13;/h2,4-5,14H,3,6-7H2,1H3,(H,15,16);1H. The van der Waals surface area contributed by atoms with Gasteiger partial charge in [-0.15, -0.1) is 12.4 Å². The highest BCUT2D eigenvalue weighted by molar-refractivity contribution is 5.94. The summed E-state index contributed by atoms with van der Waals surface area (Å²) in [6.45, 7) is 1.18. The first kappa shape index (κ1) is 15.8. The summed E-state index contributed by atoms with van der Waals surface area (Å²) in [5, 5.41) is 5.43. The van der Waals surface area contributed by atoms with Crippen molar-refractivity contribution >= 4 is 18.3 Å². The minimum atomic E-state index is -1.10. The second-order valence-electron chi connectivity index (χ2n) is 3.31. The molecule has 1 aromatic rings. The van der Waals surface area contributed by atoms with Crippen molar-refractivity contribution in [3.8, 4) is 0 Å². The van der Waals surface area contributed by atoms with Crippen molar-refractivity contribution in [2.24, 2.45) is 0 Å². The van der Waals surface area contributed by atoms with Crippen LogP contribution in [-0.2, 0) is 0 Å². The van der Waals surface area contributed by atoms with Crippen LogP contribution in [0.2, 0.25) is 0 Å². The zero-order chi connectivity index (χ0) is 12.0. The largest absolute Gasteiger partial charge is 0.352 e. The molecule has 0 aliphatic heterocycles. The molecule has 0 spiro atoms. The molecule has 0 unspecified atom stereocenters. The van der Waals surface area contributed by atoms with Gasteiger partial charge in [0.25, 0.3) is 5.91 Å². The fourth-order valence-electron chi connectivity index (χ4n) is 1.24. The molecule has 0 saturated carbocycles. The molecule has 2 N–H and O–H groups in total. The molecule has 0 aromatic heterocycles. The van der Waals surface area contributed by atoms with Crippen molar-refractivity contribution in [3.05, 3.63) is 35.4 Å². The molecule has 1 aromatic carbocycles. The van der Waals surface area contributed by atoms with Crippen molar-refractivity contribution < 1.29 is 13.6 Å². The van der Waals surface area contributed by atoms with E-state index in [4.69, 9.17) is 0 Å². The molecule has 0 aliphatic rings. The van der Waals surface area contributed by atoms with Crippen LogP contribution in [0.25, 0.3) is 0 Å². The van der Waals surface area contributed by atoms with Crippen LogP contribution in [-0.4, -0.2) is 26.0 Å². The lowest BCUT2D eigenvalue weighted by atomic mass is 10.2. The van der Waals surface area contributed by atoms with E-state index in [0.717, 1.165) is 19.0 Å². The molecular weight excluding hydrogens is 250 g/mol. The maximum Gasteiger partial charge on any atom is 0.254 e. The number of carbonyl (C=O) groups excluding carboxylic acids is 1. The molecule has 0 heterocycles. The average Bonchev–Trinajstić information content (AvgIpc) is 2.28. The van der Waals surface area contributed by atoms with Gasteiger partial charge in [0.2, 0.25) is 0 Å². The Morgan fingerprint density at radius 1 is 1.29 bits per heavy atom. The average molecular weight is 265 g/mol. The topological polar surface area (TPSA) is 41.1 Å². The minimum absolute atomic E-state index is 0. The lowest BCUT2D eigenvalue weighted by Crippen LogP contribution is -2.27. The number of benzene rings is 1. The molecule has 0 aliphatic carbocycles. The minimum Gasteiger partial charge on any atom is -0.352 e. The van der Waals surface area contributed by atoms with Gasteiger partial charge in [-0.05, 0) is 32.1 Å². The molecule has 0 saturated heterocycles. The quantitative estimate of drug-likeness (QED) is 0.796. The van der Waals surface area contributed by atoms with Crippen LogP contribution in [0.1, 0.15) is 16.8 Å². The van der Waals surface area contributed by atoms with Crippen LogP contribution in [0.15, 0.2) is 18.2 Å². The summed E-state index contributed by atoms with van der Waals surface area (Å²) in [6.07, 6.45) is 0.735. The summed E-state index contributed by atoms with van der Waals surface area (Å²) >= 11 is 0. The SMILES string of the molecule is CNCCCNC(=O)c1cccc(F)c1F.Cl. The highest BCUT2D eigenvalue weighted by Gasteiger charge is 2.13. The van der Waals surface area contributed by atoms with Gasteiger partial charge in [0.15, 0.2) is 11.6 Å². The second-order valence-corrected chi connectivity index (χ2v) is 3.31. The van der Waals surface area contributed by atoms with Gasteiger partial charge in [0, 0.05) is 6.54 Å². The van der Waals surface area contributed by atoms with Gasteiger partial charge in [-0.1, -0.05) is 6.07 Å².